The van der Waals surface area contributed by atoms with Gasteiger partial charge in [-0.25, -0.2) is 9.48 Å². The predicted molar refractivity (Wildman–Crippen MR) is 54.9 cm³/mol. The molecule has 0 bridgehead atoms. The van der Waals surface area contributed by atoms with Crippen LogP contribution in [0.3, 0.4) is 0 Å². The summed E-state index contributed by atoms with van der Waals surface area (Å²) in [4.78, 5) is 11.4. The molecule has 0 aliphatic carbocycles. The van der Waals surface area contributed by atoms with Crippen LogP contribution in [0.5, 0.6) is 0 Å². The Kier molecular flexibility index (Phi) is 5.41. The number of methoxy groups -OCH3 is 1. The largest absolute Gasteiger partial charge is 0.460 e. The van der Waals surface area contributed by atoms with Gasteiger partial charge in [-0.1, -0.05) is 0 Å². The van der Waals surface area contributed by atoms with E-state index in [0.717, 1.165) is 12.8 Å². The molecule has 1 aromatic heterocycles. The third-order valence-electron chi connectivity index (χ3n) is 1.96. The summed E-state index contributed by atoms with van der Waals surface area (Å²) < 4.78 is 11.2. The Labute approximate surface area is 93.7 Å². The molecule has 1 rings (SSSR count). The average Bonchev–Trinajstić information content (AvgIpc) is 2.73. The molecule has 0 N–H and O–H groups in total. The van der Waals surface area contributed by atoms with Gasteiger partial charge in [-0.05, 0) is 30.2 Å². The van der Waals surface area contributed by atoms with Crippen molar-refractivity contribution in [1.82, 2.24) is 20.2 Å². The number of aryl methyl sites for hydroxylation is 1. The number of carbonyl (C=O) groups is 1. The monoisotopic (exact) mass is 228 g/mol. The molecule has 0 unspecified atom stereocenters. The molecule has 16 heavy (non-hydrogen) atoms. The van der Waals surface area contributed by atoms with Crippen molar-refractivity contribution in [3.63, 3.8) is 0 Å². The van der Waals surface area contributed by atoms with Crippen molar-refractivity contribution >= 4 is 5.97 Å². The van der Waals surface area contributed by atoms with Crippen LogP contribution in [0.15, 0.2) is 0 Å². The summed E-state index contributed by atoms with van der Waals surface area (Å²) >= 11 is 0. The number of aromatic nitrogens is 4. The summed E-state index contributed by atoms with van der Waals surface area (Å²) in [6, 6.07) is 0. The van der Waals surface area contributed by atoms with E-state index in [4.69, 9.17) is 9.47 Å². The van der Waals surface area contributed by atoms with Crippen LogP contribution in [0.4, 0.5) is 0 Å². The molecule has 0 radical (unpaired) electrons. The van der Waals surface area contributed by atoms with Crippen LogP contribution in [0, 0.1) is 0 Å². The Hall–Kier alpha value is -1.50. The molecule has 0 spiro atoms. The van der Waals surface area contributed by atoms with Gasteiger partial charge in [0.2, 0.25) is 0 Å². The Balaban J connectivity index is 2.47. The van der Waals surface area contributed by atoms with Gasteiger partial charge < -0.3 is 9.47 Å². The first-order valence-electron chi connectivity index (χ1n) is 5.21. The highest BCUT2D eigenvalue weighted by Crippen LogP contribution is 1.99. The fraction of sp³-hybridized carbons (Fsp3) is 0.778. The van der Waals surface area contributed by atoms with Crippen LogP contribution in [0.1, 0.15) is 30.4 Å². The summed E-state index contributed by atoms with van der Waals surface area (Å²) in [5.41, 5.74) is 0. The molecule has 0 amide bonds. The summed E-state index contributed by atoms with van der Waals surface area (Å²) in [5, 5.41) is 10.8. The summed E-state index contributed by atoms with van der Waals surface area (Å²) in [6.07, 6.45) is 1.75. The minimum absolute atomic E-state index is 0.152. The first-order valence-corrected chi connectivity index (χ1v) is 5.21. The molecule has 7 heteroatoms. The van der Waals surface area contributed by atoms with Crippen molar-refractivity contribution in [3.05, 3.63) is 5.82 Å². The number of unbranched alkanes of at least 4 members (excludes halogenated alkanes) is 1. The van der Waals surface area contributed by atoms with Gasteiger partial charge >= 0.3 is 5.97 Å². The van der Waals surface area contributed by atoms with Crippen molar-refractivity contribution < 1.29 is 14.3 Å². The first kappa shape index (κ1) is 12.6. The second kappa shape index (κ2) is 6.89. The topological polar surface area (TPSA) is 79.1 Å². The Morgan fingerprint density at radius 1 is 1.44 bits per heavy atom. The molecule has 0 fully saturated rings. The second-order valence-corrected chi connectivity index (χ2v) is 3.15. The van der Waals surface area contributed by atoms with Gasteiger partial charge in [0.1, 0.15) is 0 Å². The average molecular weight is 228 g/mol. The lowest BCUT2D eigenvalue weighted by atomic mass is 10.3. The molecule has 7 nitrogen and oxygen atoms in total. The summed E-state index contributed by atoms with van der Waals surface area (Å²) in [6.45, 7) is 3.33. The molecule has 1 heterocycles. The molecule has 0 aliphatic heterocycles. The molecule has 0 aliphatic rings. The van der Waals surface area contributed by atoms with Crippen LogP contribution in [-0.2, 0) is 16.0 Å². The molecular formula is C9H16N4O3. The minimum Gasteiger partial charge on any atom is -0.460 e. The zero-order valence-electron chi connectivity index (χ0n) is 9.55. The van der Waals surface area contributed by atoms with Crippen LogP contribution < -0.4 is 0 Å². The maximum atomic E-state index is 11.4. The standard InChI is InChI=1S/C9H16N4O3/c1-3-16-9(14)8-10-11-12-13(8)6-4-5-7-15-2/h3-7H2,1-2H3. The first-order chi connectivity index (χ1) is 7.79. The van der Waals surface area contributed by atoms with Gasteiger partial charge in [-0.15, -0.1) is 5.10 Å². The number of rotatable bonds is 7. The van der Waals surface area contributed by atoms with Gasteiger partial charge in [-0.3, -0.25) is 0 Å². The predicted octanol–water partition coefficient (Wildman–Crippen LogP) is 0.276. The Bertz CT molecular complexity index is 326. The van der Waals surface area contributed by atoms with E-state index in [9.17, 15) is 4.79 Å². The van der Waals surface area contributed by atoms with E-state index in [1.807, 2.05) is 0 Å². The smallest absolute Gasteiger partial charge is 0.378 e. The molecule has 0 aromatic carbocycles. The van der Waals surface area contributed by atoms with Gasteiger partial charge in [0, 0.05) is 20.3 Å². The van der Waals surface area contributed by atoms with E-state index in [2.05, 4.69) is 15.5 Å². The van der Waals surface area contributed by atoms with Crippen LogP contribution in [0.2, 0.25) is 0 Å². The van der Waals surface area contributed by atoms with Crippen molar-refractivity contribution in [2.24, 2.45) is 0 Å². The minimum atomic E-state index is -0.487. The summed E-state index contributed by atoms with van der Waals surface area (Å²) in [5.74, 6) is -0.335. The fourth-order valence-corrected chi connectivity index (χ4v) is 1.21. The van der Waals surface area contributed by atoms with Crippen LogP contribution in [0.25, 0.3) is 0 Å². The van der Waals surface area contributed by atoms with Crippen molar-refractivity contribution in [2.45, 2.75) is 26.3 Å². The van der Waals surface area contributed by atoms with E-state index in [0.29, 0.717) is 19.8 Å². The second-order valence-electron chi connectivity index (χ2n) is 3.15. The maximum absolute atomic E-state index is 11.4. The molecule has 0 saturated heterocycles. The number of ether oxygens (including phenoxy) is 2. The van der Waals surface area contributed by atoms with Crippen molar-refractivity contribution in [2.75, 3.05) is 20.3 Å². The highest BCUT2D eigenvalue weighted by Gasteiger charge is 2.15. The number of hydrogen-bond donors (Lipinski definition) is 0. The van der Waals surface area contributed by atoms with Gasteiger partial charge in [0.25, 0.3) is 5.82 Å². The van der Waals surface area contributed by atoms with E-state index >= 15 is 0 Å². The highest BCUT2D eigenvalue weighted by molar-refractivity contribution is 5.85. The quantitative estimate of drug-likeness (QED) is 0.492. The van der Waals surface area contributed by atoms with E-state index < -0.39 is 5.97 Å². The highest BCUT2D eigenvalue weighted by atomic mass is 16.5. The fourth-order valence-electron chi connectivity index (χ4n) is 1.21. The van der Waals surface area contributed by atoms with Gasteiger partial charge in [-0.2, -0.15) is 0 Å². The number of esters is 1. The van der Waals surface area contributed by atoms with Crippen LogP contribution >= 0.6 is 0 Å². The van der Waals surface area contributed by atoms with E-state index in [1.54, 1.807) is 14.0 Å². The SMILES string of the molecule is CCOC(=O)c1nnnn1CCCCOC. The lowest BCUT2D eigenvalue weighted by Gasteiger charge is -2.03. The Morgan fingerprint density at radius 2 is 2.25 bits per heavy atom. The number of hydrogen-bond acceptors (Lipinski definition) is 6. The molecule has 0 saturated carbocycles. The normalized spacial score (nSPS) is 10.4. The number of nitrogens with zero attached hydrogens (tertiary/aromatic N) is 4. The van der Waals surface area contributed by atoms with Crippen molar-refractivity contribution in [1.29, 1.82) is 0 Å². The van der Waals surface area contributed by atoms with Gasteiger partial charge in [0.05, 0.1) is 6.61 Å². The summed E-state index contributed by atoms with van der Waals surface area (Å²) in [7, 11) is 1.65. The molecule has 0 atom stereocenters. The van der Waals surface area contributed by atoms with E-state index in [-0.39, 0.29) is 5.82 Å². The third kappa shape index (κ3) is 3.58. The van der Waals surface area contributed by atoms with Gasteiger partial charge in [0.15, 0.2) is 0 Å². The number of tetrazole rings is 1. The zero-order valence-corrected chi connectivity index (χ0v) is 9.55. The number of carbonyl (C=O) groups excluding carboxylic acids is 1. The maximum Gasteiger partial charge on any atom is 0.378 e. The Morgan fingerprint density at radius 3 is 2.94 bits per heavy atom. The van der Waals surface area contributed by atoms with Crippen molar-refractivity contribution in [3.8, 4) is 0 Å². The molecular weight excluding hydrogens is 212 g/mol. The van der Waals surface area contributed by atoms with Crippen LogP contribution in [-0.4, -0.2) is 46.5 Å². The molecule has 90 valence electrons. The lowest BCUT2D eigenvalue weighted by molar-refractivity contribution is 0.0504. The zero-order chi connectivity index (χ0) is 11.8. The van der Waals surface area contributed by atoms with E-state index in [1.165, 1.54) is 4.68 Å². The third-order valence-corrected chi connectivity index (χ3v) is 1.96. The lowest BCUT2D eigenvalue weighted by Crippen LogP contribution is -2.15. The molecule has 1 aromatic rings.